The summed E-state index contributed by atoms with van der Waals surface area (Å²) in [5, 5.41) is 10.2. The van der Waals surface area contributed by atoms with Crippen molar-refractivity contribution in [1.29, 1.82) is 5.26 Å². The molecule has 0 saturated heterocycles. The van der Waals surface area contributed by atoms with E-state index < -0.39 is 17.0 Å². The molecule has 4 rings (SSSR count). The zero-order valence-electron chi connectivity index (χ0n) is 17.3. The standard InChI is InChI=1S/C24H19BrN4O2/c1-4-5-21(30)29-20-13-27-19-11-8-16(25)12-18(19)22(20)28(23(29)31)17-9-6-15(7-10-17)24(2,3)14-26/h4-13H,1-3H3/b5-4+. The van der Waals surface area contributed by atoms with E-state index in [9.17, 15) is 14.9 Å². The molecule has 0 amide bonds. The van der Waals surface area contributed by atoms with E-state index in [4.69, 9.17) is 0 Å². The van der Waals surface area contributed by atoms with E-state index in [1.54, 1.807) is 31.3 Å². The Kier molecular flexibility index (Phi) is 5.11. The van der Waals surface area contributed by atoms with Crippen LogP contribution in [0, 0.1) is 11.3 Å². The minimum Gasteiger partial charge on any atom is -0.269 e. The van der Waals surface area contributed by atoms with Gasteiger partial charge in [0.05, 0.1) is 39.9 Å². The van der Waals surface area contributed by atoms with Gasteiger partial charge in [0.25, 0.3) is 5.91 Å². The number of hydrogen-bond acceptors (Lipinski definition) is 4. The SMILES string of the molecule is C/C=C/C(=O)n1c(=O)n(-c2ccc(C(C)(C)C#N)cc2)c2c3cc(Br)ccc3ncc21. The van der Waals surface area contributed by atoms with Crippen LogP contribution in [0.3, 0.4) is 0 Å². The highest BCUT2D eigenvalue weighted by Crippen LogP contribution is 2.29. The predicted molar refractivity (Wildman–Crippen MR) is 125 cm³/mol. The predicted octanol–water partition coefficient (Wildman–Crippen LogP) is 5.12. The lowest BCUT2D eigenvalue weighted by molar-refractivity contribution is 0.0969. The number of allylic oxidation sites excluding steroid dienone is 2. The van der Waals surface area contributed by atoms with Gasteiger partial charge in [0.1, 0.15) is 0 Å². The second-order valence-corrected chi connectivity index (χ2v) is 8.64. The van der Waals surface area contributed by atoms with Crippen LogP contribution < -0.4 is 5.69 Å². The summed E-state index contributed by atoms with van der Waals surface area (Å²) in [6.45, 7) is 5.40. The molecule has 31 heavy (non-hydrogen) atoms. The summed E-state index contributed by atoms with van der Waals surface area (Å²) in [5.41, 5.74) is 2.06. The van der Waals surface area contributed by atoms with Crippen molar-refractivity contribution in [3.05, 3.63) is 81.3 Å². The average Bonchev–Trinajstić information content (AvgIpc) is 3.06. The van der Waals surface area contributed by atoms with E-state index in [2.05, 4.69) is 27.0 Å². The van der Waals surface area contributed by atoms with Gasteiger partial charge >= 0.3 is 5.69 Å². The van der Waals surface area contributed by atoms with Crippen LogP contribution in [0.2, 0.25) is 0 Å². The van der Waals surface area contributed by atoms with E-state index in [1.165, 1.54) is 10.6 Å². The van der Waals surface area contributed by atoms with Gasteiger partial charge in [-0.05, 0) is 62.7 Å². The number of nitrogens with zero attached hydrogens (tertiary/aromatic N) is 4. The second-order valence-electron chi connectivity index (χ2n) is 7.73. The van der Waals surface area contributed by atoms with Gasteiger partial charge < -0.3 is 0 Å². The Morgan fingerprint density at radius 2 is 1.90 bits per heavy atom. The van der Waals surface area contributed by atoms with Crippen LogP contribution in [-0.4, -0.2) is 20.0 Å². The Hall–Kier alpha value is -3.50. The number of aromatic nitrogens is 3. The van der Waals surface area contributed by atoms with E-state index in [1.807, 2.05) is 44.2 Å². The first-order chi connectivity index (χ1) is 14.8. The summed E-state index contributed by atoms with van der Waals surface area (Å²) in [6, 6.07) is 15.2. The Labute approximate surface area is 187 Å². The average molecular weight is 475 g/mol. The first-order valence-electron chi connectivity index (χ1n) is 9.69. The van der Waals surface area contributed by atoms with Crippen LogP contribution >= 0.6 is 15.9 Å². The molecule has 4 aromatic rings. The summed E-state index contributed by atoms with van der Waals surface area (Å²) in [5.74, 6) is -0.436. The van der Waals surface area contributed by atoms with E-state index >= 15 is 0 Å². The topological polar surface area (TPSA) is 80.7 Å². The fraction of sp³-hybridized carbons (Fsp3) is 0.167. The third-order valence-electron chi connectivity index (χ3n) is 5.29. The van der Waals surface area contributed by atoms with Crippen LogP contribution in [0.4, 0.5) is 0 Å². The Morgan fingerprint density at radius 3 is 2.55 bits per heavy atom. The number of halogens is 1. The maximum absolute atomic E-state index is 13.5. The maximum atomic E-state index is 13.5. The number of hydrogen-bond donors (Lipinski definition) is 0. The molecule has 2 aromatic heterocycles. The normalized spacial score (nSPS) is 12.0. The van der Waals surface area contributed by atoms with Crippen molar-refractivity contribution >= 4 is 43.8 Å². The lowest BCUT2D eigenvalue weighted by Crippen LogP contribution is -2.27. The molecule has 0 unspecified atom stereocenters. The van der Waals surface area contributed by atoms with Gasteiger partial charge in [-0.2, -0.15) is 5.26 Å². The summed E-state index contributed by atoms with van der Waals surface area (Å²) >= 11 is 3.49. The maximum Gasteiger partial charge on any atom is 0.340 e. The second kappa shape index (κ2) is 7.64. The summed E-state index contributed by atoms with van der Waals surface area (Å²) in [7, 11) is 0. The Balaban J connectivity index is 2.10. The molecular formula is C24H19BrN4O2. The number of pyridine rings is 1. The molecule has 0 fully saturated rings. The minimum absolute atomic E-state index is 0.431. The molecule has 0 atom stereocenters. The summed E-state index contributed by atoms with van der Waals surface area (Å²) < 4.78 is 3.50. The molecule has 0 saturated carbocycles. The highest BCUT2D eigenvalue weighted by molar-refractivity contribution is 9.10. The fourth-order valence-electron chi connectivity index (χ4n) is 3.60. The van der Waals surface area contributed by atoms with Crippen LogP contribution in [0.5, 0.6) is 0 Å². The zero-order chi connectivity index (χ0) is 22.3. The van der Waals surface area contributed by atoms with Gasteiger partial charge in [0, 0.05) is 9.86 Å². The molecule has 0 radical (unpaired) electrons. The molecule has 0 aliphatic carbocycles. The van der Waals surface area contributed by atoms with Gasteiger partial charge in [-0.15, -0.1) is 0 Å². The van der Waals surface area contributed by atoms with Crippen molar-refractivity contribution in [3.8, 4) is 11.8 Å². The quantitative estimate of drug-likeness (QED) is 0.385. The molecule has 0 N–H and O–H groups in total. The first kappa shape index (κ1) is 20.8. The van der Waals surface area contributed by atoms with Crippen LogP contribution in [0.15, 0.2) is 70.1 Å². The molecule has 0 bridgehead atoms. The van der Waals surface area contributed by atoms with E-state index in [-0.39, 0.29) is 0 Å². The van der Waals surface area contributed by atoms with Gasteiger partial charge in [0.2, 0.25) is 0 Å². The molecule has 154 valence electrons. The largest absolute Gasteiger partial charge is 0.340 e. The fourth-order valence-corrected chi connectivity index (χ4v) is 3.96. The van der Waals surface area contributed by atoms with E-state index in [0.29, 0.717) is 22.2 Å². The summed E-state index contributed by atoms with van der Waals surface area (Å²) in [4.78, 5) is 30.6. The number of rotatable bonds is 3. The lowest BCUT2D eigenvalue weighted by atomic mass is 9.86. The van der Waals surface area contributed by atoms with Crippen molar-refractivity contribution in [2.75, 3.05) is 0 Å². The number of imidazole rings is 1. The van der Waals surface area contributed by atoms with Crippen LogP contribution in [0.25, 0.3) is 27.6 Å². The monoisotopic (exact) mass is 474 g/mol. The first-order valence-corrected chi connectivity index (χ1v) is 10.5. The number of fused-ring (bicyclic) bond motifs is 3. The summed E-state index contributed by atoms with van der Waals surface area (Å²) in [6.07, 6.45) is 4.51. The number of carbonyl (C=O) groups excluding carboxylic acids is 1. The minimum atomic E-state index is -0.652. The van der Waals surface area contributed by atoms with Crippen molar-refractivity contribution in [2.45, 2.75) is 26.2 Å². The molecule has 2 aromatic carbocycles. The lowest BCUT2D eigenvalue weighted by Gasteiger charge is -2.16. The Morgan fingerprint density at radius 1 is 1.19 bits per heavy atom. The zero-order valence-corrected chi connectivity index (χ0v) is 18.8. The van der Waals surface area contributed by atoms with Crippen LogP contribution in [-0.2, 0) is 5.41 Å². The smallest absolute Gasteiger partial charge is 0.269 e. The van der Waals surface area contributed by atoms with Gasteiger partial charge in [0.15, 0.2) is 0 Å². The third-order valence-corrected chi connectivity index (χ3v) is 5.78. The molecule has 2 heterocycles. The van der Waals surface area contributed by atoms with Gasteiger partial charge in [-0.3, -0.25) is 14.3 Å². The molecule has 0 aliphatic heterocycles. The molecule has 7 heteroatoms. The number of carbonyl (C=O) groups is 1. The molecule has 0 spiro atoms. The third kappa shape index (κ3) is 3.39. The van der Waals surface area contributed by atoms with Crippen molar-refractivity contribution in [1.82, 2.24) is 14.1 Å². The van der Waals surface area contributed by atoms with Gasteiger partial charge in [-0.25, -0.2) is 9.36 Å². The molecular weight excluding hydrogens is 456 g/mol. The number of nitriles is 1. The highest BCUT2D eigenvalue weighted by Gasteiger charge is 2.23. The Bertz CT molecular complexity index is 1470. The van der Waals surface area contributed by atoms with Crippen molar-refractivity contribution in [2.24, 2.45) is 0 Å². The number of benzene rings is 2. The molecule has 6 nitrogen and oxygen atoms in total. The van der Waals surface area contributed by atoms with Crippen LogP contribution in [0.1, 0.15) is 31.1 Å². The molecule has 0 aliphatic rings. The van der Waals surface area contributed by atoms with E-state index in [0.717, 1.165) is 20.0 Å². The highest BCUT2D eigenvalue weighted by atomic mass is 79.9. The van der Waals surface area contributed by atoms with Gasteiger partial charge in [-0.1, -0.05) is 34.1 Å². The van der Waals surface area contributed by atoms with Crippen molar-refractivity contribution < 1.29 is 4.79 Å². The van der Waals surface area contributed by atoms with Crippen molar-refractivity contribution in [3.63, 3.8) is 0 Å².